The van der Waals surface area contributed by atoms with Crippen LogP contribution in [0.4, 0.5) is 0 Å². The lowest BCUT2D eigenvalue weighted by Gasteiger charge is -2.27. The van der Waals surface area contributed by atoms with Crippen molar-refractivity contribution in [2.75, 3.05) is 12.3 Å². The Kier molecular flexibility index (Phi) is 4.50. The highest BCUT2D eigenvalue weighted by Crippen LogP contribution is 2.27. The molecule has 1 N–H and O–H groups in total. The van der Waals surface area contributed by atoms with E-state index in [1.54, 1.807) is 0 Å². The number of hydrogen-bond donors (Lipinski definition) is 1. The van der Waals surface area contributed by atoms with Crippen molar-refractivity contribution >= 4 is 16.9 Å². The molecular weight excluding hydrogens is 204 g/mol. The van der Waals surface area contributed by atoms with Crippen molar-refractivity contribution < 1.29 is 0 Å². The quantitative estimate of drug-likeness (QED) is 0.799. The van der Waals surface area contributed by atoms with Gasteiger partial charge in [0, 0.05) is 18.3 Å². The Morgan fingerprint density at radius 3 is 2.67 bits per heavy atom. The Labute approximate surface area is 98.3 Å². The first kappa shape index (κ1) is 12.9. The lowest BCUT2D eigenvalue weighted by molar-refractivity contribution is 0.262. The molecule has 0 aromatic heterocycles. The molecule has 0 amide bonds. The Morgan fingerprint density at radius 2 is 2.20 bits per heavy atom. The Morgan fingerprint density at radius 1 is 1.53 bits per heavy atom. The van der Waals surface area contributed by atoms with Gasteiger partial charge in [-0.05, 0) is 17.8 Å². The highest BCUT2D eigenvalue weighted by Gasteiger charge is 2.23. The van der Waals surface area contributed by atoms with Crippen molar-refractivity contribution in [1.82, 2.24) is 5.32 Å². The zero-order valence-electron chi connectivity index (χ0n) is 10.6. The Hall–Kier alpha value is -0.180. The summed E-state index contributed by atoms with van der Waals surface area (Å²) >= 11 is 1.87. The molecule has 3 heteroatoms. The number of hydrogen-bond acceptors (Lipinski definition) is 2. The van der Waals surface area contributed by atoms with E-state index >= 15 is 0 Å². The van der Waals surface area contributed by atoms with Gasteiger partial charge in [-0.1, -0.05) is 46.4 Å². The SMILES string of the molecule is CCC1CSC(=NCC(C)(C)C(C)C)N1. The van der Waals surface area contributed by atoms with Crippen LogP contribution in [0.3, 0.4) is 0 Å². The monoisotopic (exact) mass is 228 g/mol. The van der Waals surface area contributed by atoms with Crippen LogP contribution in [0.2, 0.25) is 0 Å². The molecule has 2 nitrogen and oxygen atoms in total. The van der Waals surface area contributed by atoms with E-state index in [0.717, 1.165) is 11.7 Å². The summed E-state index contributed by atoms with van der Waals surface area (Å²) in [5.41, 5.74) is 0.305. The molecule has 1 heterocycles. The van der Waals surface area contributed by atoms with E-state index in [2.05, 4.69) is 44.9 Å². The summed E-state index contributed by atoms with van der Waals surface area (Å²) in [6.07, 6.45) is 1.19. The van der Waals surface area contributed by atoms with Crippen molar-refractivity contribution in [3.8, 4) is 0 Å². The Bertz CT molecular complexity index is 234. The van der Waals surface area contributed by atoms with Gasteiger partial charge in [-0.15, -0.1) is 0 Å². The average molecular weight is 228 g/mol. The molecule has 0 spiro atoms. The minimum absolute atomic E-state index is 0.305. The van der Waals surface area contributed by atoms with Crippen LogP contribution in [0.1, 0.15) is 41.0 Å². The van der Waals surface area contributed by atoms with E-state index in [1.807, 2.05) is 11.8 Å². The molecule has 1 aliphatic rings. The van der Waals surface area contributed by atoms with Crippen molar-refractivity contribution in [1.29, 1.82) is 0 Å². The third-order valence-electron chi connectivity index (χ3n) is 3.43. The summed E-state index contributed by atoms with van der Waals surface area (Å²) in [6.45, 7) is 12.3. The first-order valence-electron chi connectivity index (χ1n) is 5.89. The maximum Gasteiger partial charge on any atom is 0.156 e. The van der Waals surface area contributed by atoms with Crippen LogP contribution in [0, 0.1) is 11.3 Å². The lowest BCUT2D eigenvalue weighted by atomic mass is 9.81. The van der Waals surface area contributed by atoms with Gasteiger partial charge in [0.1, 0.15) is 0 Å². The number of amidine groups is 1. The number of nitrogens with one attached hydrogen (secondary N) is 1. The third-order valence-corrected chi connectivity index (χ3v) is 4.52. The maximum atomic E-state index is 4.68. The van der Waals surface area contributed by atoms with Crippen molar-refractivity contribution in [3.05, 3.63) is 0 Å². The fraction of sp³-hybridized carbons (Fsp3) is 0.917. The van der Waals surface area contributed by atoms with E-state index in [1.165, 1.54) is 12.2 Å². The fourth-order valence-corrected chi connectivity index (χ4v) is 2.29. The summed E-state index contributed by atoms with van der Waals surface area (Å²) in [7, 11) is 0. The molecule has 0 aromatic carbocycles. The number of nitrogens with zero attached hydrogens (tertiary/aromatic N) is 1. The van der Waals surface area contributed by atoms with E-state index in [-0.39, 0.29) is 0 Å². The standard InChI is InChI=1S/C12H24N2S/c1-6-10-7-15-11(14-10)13-8-12(4,5)9(2)3/h9-10H,6-8H2,1-5H3,(H,13,14). The van der Waals surface area contributed by atoms with Crippen LogP contribution in [-0.4, -0.2) is 23.5 Å². The molecule has 1 saturated heterocycles. The van der Waals surface area contributed by atoms with Gasteiger partial charge in [-0.25, -0.2) is 0 Å². The van der Waals surface area contributed by atoms with Crippen LogP contribution in [0.15, 0.2) is 4.99 Å². The average Bonchev–Trinajstić information content (AvgIpc) is 2.62. The molecule has 1 unspecified atom stereocenters. The van der Waals surface area contributed by atoms with Gasteiger partial charge in [-0.3, -0.25) is 4.99 Å². The van der Waals surface area contributed by atoms with Crippen LogP contribution in [0.25, 0.3) is 0 Å². The zero-order valence-corrected chi connectivity index (χ0v) is 11.4. The van der Waals surface area contributed by atoms with Gasteiger partial charge in [0.15, 0.2) is 5.17 Å². The molecule has 0 aromatic rings. The second-order valence-electron chi connectivity index (χ2n) is 5.33. The van der Waals surface area contributed by atoms with Crippen LogP contribution >= 0.6 is 11.8 Å². The van der Waals surface area contributed by atoms with E-state index in [4.69, 9.17) is 0 Å². The molecule has 0 saturated carbocycles. The largest absolute Gasteiger partial charge is 0.361 e. The molecule has 0 aliphatic carbocycles. The van der Waals surface area contributed by atoms with Crippen molar-refractivity contribution in [3.63, 3.8) is 0 Å². The topological polar surface area (TPSA) is 24.4 Å². The molecule has 1 fully saturated rings. The van der Waals surface area contributed by atoms with Crippen molar-refractivity contribution in [2.24, 2.45) is 16.3 Å². The van der Waals surface area contributed by atoms with E-state index < -0.39 is 0 Å². The first-order chi connectivity index (χ1) is 6.95. The Balaban J connectivity index is 2.45. The molecule has 88 valence electrons. The predicted octanol–water partition coefficient (Wildman–Crippen LogP) is 3.14. The highest BCUT2D eigenvalue weighted by molar-refractivity contribution is 8.14. The minimum Gasteiger partial charge on any atom is -0.361 e. The molecule has 15 heavy (non-hydrogen) atoms. The number of rotatable bonds is 4. The molecule has 1 atom stereocenters. The maximum absolute atomic E-state index is 4.68. The summed E-state index contributed by atoms with van der Waals surface area (Å²) in [4.78, 5) is 4.68. The minimum atomic E-state index is 0.305. The molecule has 1 rings (SSSR count). The fourth-order valence-electron chi connectivity index (χ4n) is 1.21. The van der Waals surface area contributed by atoms with Gasteiger partial charge in [0.2, 0.25) is 0 Å². The van der Waals surface area contributed by atoms with Crippen LogP contribution in [0.5, 0.6) is 0 Å². The van der Waals surface area contributed by atoms with Gasteiger partial charge < -0.3 is 5.32 Å². The van der Waals surface area contributed by atoms with E-state index in [9.17, 15) is 0 Å². The van der Waals surface area contributed by atoms with Gasteiger partial charge in [-0.2, -0.15) is 0 Å². The summed E-state index contributed by atoms with van der Waals surface area (Å²) in [5, 5.41) is 4.61. The number of aliphatic imine (C=N–C) groups is 1. The molecule has 1 aliphatic heterocycles. The lowest BCUT2D eigenvalue weighted by Crippen LogP contribution is -2.28. The normalized spacial score (nSPS) is 24.9. The van der Waals surface area contributed by atoms with Crippen LogP contribution < -0.4 is 5.32 Å². The first-order valence-corrected chi connectivity index (χ1v) is 6.88. The smallest absolute Gasteiger partial charge is 0.156 e. The molecule has 0 radical (unpaired) electrons. The molecule has 0 bridgehead atoms. The van der Waals surface area contributed by atoms with Crippen LogP contribution in [-0.2, 0) is 0 Å². The summed E-state index contributed by atoms with van der Waals surface area (Å²) in [5.74, 6) is 1.85. The van der Waals surface area contributed by atoms with E-state index in [0.29, 0.717) is 17.4 Å². The third kappa shape index (κ3) is 3.71. The second-order valence-corrected chi connectivity index (χ2v) is 6.33. The second kappa shape index (κ2) is 5.24. The summed E-state index contributed by atoms with van der Waals surface area (Å²) in [6, 6.07) is 0.635. The number of thioether (sulfide) groups is 1. The highest BCUT2D eigenvalue weighted by atomic mass is 32.2. The van der Waals surface area contributed by atoms with Gasteiger partial charge >= 0.3 is 0 Å². The van der Waals surface area contributed by atoms with Crippen molar-refractivity contribution in [2.45, 2.75) is 47.1 Å². The van der Waals surface area contributed by atoms with Gasteiger partial charge in [0.05, 0.1) is 0 Å². The predicted molar refractivity (Wildman–Crippen MR) is 70.6 cm³/mol. The van der Waals surface area contributed by atoms with Gasteiger partial charge in [0.25, 0.3) is 0 Å². The molecular formula is C12H24N2S. The zero-order chi connectivity index (χ0) is 11.5. The summed E-state index contributed by atoms with van der Waals surface area (Å²) < 4.78 is 0.